The van der Waals surface area contributed by atoms with E-state index in [2.05, 4.69) is 25.9 Å². The number of aromatic amines is 1. The molecule has 0 unspecified atom stereocenters. The summed E-state index contributed by atoms with van der Waals surface area (Å²) in [6.07, 6.45) is 1.75. The van der Waals surface area contributed by atoms with Crippen molar-refractivity contribution in [3.05, 3.63) is 59.9 Å². The lowest BCUT2D eigenvalue weighted by atomic mass is 10.2. The molecule has 0 radical (unpaired) electrons. The minimum absolute atomic E-state index is 0.119. The monoisotopic (exact) mass is 351 g/mol. The van der Waals surface area contributed by atoms with Gasteiger partial charge in [0.25, 0.3) is 11.8 Å². The Bertz CT molecular complexity index is 980. The van der Waals surface area contributed by atoms with Crippen LogP contribution in [0.15, 0.2) is 48.7 Å². The first kappa shape index (κ1) is 17.2. The van der Waals surface area contributed by atoms with Crippen molar-refractivity contribution in [3.8, 4) is 0 Å². The summed E-state index contributed by atoms with van der Waals surface area (Å²) in [4.78, 5) is 42.9. The molecule has 8 nitrogen and oxygen atoms in total. The number of hydrogen-bond acceptors (Lipinski definition) is 4. The van der Waals surface area contributed by atoms with E-state index >= 15 is 0 Å². The Morgan fingerprint density at radius 2 is 1.92 bits per heavy atom. The molecule has 0 aliphatic heterocycles. The van der Waals surface area contributed by atoms with Crippen LogP contribution in [0.2, 0.25) is 0 Å². The number of pyridine rings is 1. The van der Waals surface area contributed by atoms with Gasteiger partial charge in [0, 0.05) is 29.9 Å². The molecule has 2 aromatic heterocycles. The van der Waals surface area contributed by atoms with Gasteiger partial charge in [0.2, 0.25) is 5.91 Å². The van der Waals surface area contributed by atoms with E-state index in [1.54, 1.807) is 36.5 Å². The van der Waals surface area contributed by atoms with Gasteiger partial charge in [-0.05, 0) is 36.4 Å². The second kappa shape index (κ2) is 7.47. The number of fused-ring (bicyclic) bond motifs is 1. The highest BCUT2D eigenvalue weighted by Gasteiger charge is 2.12. The first-order valence-corrected chi connectivity index (χ1v) is 7.91. The summed E-state index contributed by atoms with van der Waals surface area (Å²) in [5.41, 5.74) is 1.67. The standard InChI is InChI=1S/C18H17N5O3/c1-19-15(24)10-21-17(25)12-3-2-4-13(9-12)22-18(26)14-6-5-11-7-8-20-16(11)23-14/h2-9H,10H2,1H3,(H,19,24)(H,20,23)(H,21,25)(H,22,26). The topological polar surface area (TPSA) is 116 Å². The van der Waals surface area contributed by atoms with Gasteiger partial charge in [-0.1, -0.05) is 6.07 Å². The van der Waals surface area contributed by atoms with Crippen molar-refractivity contribution in [1.82, 2.24) is 20.6 Å². The van der Waals surface area contributed by atoms with Crippen LogP contribution in [0.25, 0.3) is 11.0 Å². The van der Waals surface area contributed by atoms with Gasteiger partial charge in [0.05, 0.1) is 6.54 Å². The molecule has 0 bridgehead atoms. The van der Waals surface area contributed by atoms with E-state index in [-0.39, 0.29) is 24.1 Å². The van der Waals surface area contributed by atoms with Crippen molar-refractivity contribution in [3.63, 3.8) is 0 Å². The minimum atomic E-state index is -0.407. The number of rotatable bonds is 5. The van der Waals surface area contributed by atoms with Crippen LogP contribution in [-0.4, -0.2) is 41.3 Å². The van der Waals surface area contributed by atoms with Crippen molar-refractivity contribution < 1.29 is 14.4 Å². The fraction of sp³-hybridized carbons (Fsp3) is 0.111. The van der Waals surface area contributed by atoms with E-state index in [4.69, 9.17) is 0 Å². The third kappa shape index (κ3) is 3.86. The molecular formula is C18H17N5O3. The summed E-state index contributed by atoms with van der Waals surface area (Å²) in [7, 11) is 1.49. The van der Waals surface area contributed by atoms with E-state index in [0.29, 0.717) is 16.9 Å². The summed E-state index contributed by atoms with van der Waals surface area (Å²) < 4.78 is 0. The Balaban J connectivity index is 1.70. The number of hydrogen-bond donors (Lipinski definition) is 4. The molecule has 0 spiro atoms. The van der Waals surface area contributed by atoms with E-state index in [9.17, 15) is 14.4 Å². The number of nitrogens with one attached hydrogen (secondary N) is 4. The van der Waals surface area contributed by atoms with E-state index in [0.717, 1.165) is 5.39 Å². The molecule has 3 aromatic rings. The molecule has 0 fully saturated rings. The highest BCUT2D eigenvalue weighted by Crippen LogP contribution is 2.14. The zero-order valence-corrected chi connectivity index (χ0v) is 14.0. The fourth-order valence-electron chi connectivity index (χ4n) is 2.34. The summed E-state index contributed by atoms with van der Waals surface area (Å²) in [6, 6.07) is 11.7. The third-order valence-corrected chi connectivity index (χ3v) is 3.71. The van der Waals surface area contributed by atoms with Crippen LogP contribution in [0.3, 0.4) is 0 Å². The lowest BCUT2D eigenvalue weighted by Crippen LogP contribution is -2.35. The molecule has 1 aromatic carbocycles. The number of nitrogens with zero attached hydrogens (tertiary/aromatic N) is 1. The predicted octanol–water partition coefficient (Wildman–Crippen LogP) is 1.29. The van der Waals surface area contributed by atoms with Gasteiger partial charge in [-0.25, -0.2) is 4.98 Å². The van der Waals surface area contributed by atoms with Gasteiger partial charge in [0.15, 0.2) is 0 Å². The smallest absolute Gasteiger partial charge is 0.274 e. The minimum Gasteiger partial charge on any atom is -0.358 e. The highest BCUT2D eigenvalue weighted by atomic mass is 16.2. The molecule has 0 saturated carbocycles. The van der Waals surface area contributed by atoms with E-state index in [1.165, 1.54) is 13.1 Å². The normalized spacial score (nSPS) is 10.3. The second-order valence-corrected chi connectivity index (χ2v) is 5.50. The number of benzene rings is 1. The average molecular weight is 351 g/mol. The Labute approximate surface area is 149 Å². The van der Waals surface area contributed by atoms with Crippen LogP contribution in [0.1, 0.15) is 20.8 Å². The van der Waals surface area contributed by atoms with Crippen molar-refractivity contribution in [2.24, 2.45) is 0 Å². The zero-order valence-electron chi connectivity index (χ0n) is 14.0. The number of H-pyrrole nitrogens is 1. The highest BCUT2D eigenvalue weighted by molar-refractivity contribution is 6.05. The fourth-order valence-corrected chi connectivity index (χ4v) is 2.34. The van der Waals surface area contributed by atoms with Crippen LogP contribution in [0, 0.1) is 0 Å². The molecule has 0 aliphatic carbocycles. The maximum atomic E-state index is 12.4. The first-order chi connectivity index (χ1) is 12.6. The van der Waals surface area contributed by atoms with Crippen LogP contribution in [0.5, 0.6) is 0 Å². The van der Waals surface area contributed by atoms with Gasteiger partial charge >= 0.3 is 0 Å². The van der Waals surface area contributed by atoms with Crippen LogP contribution in [-0.2, 0) is 4.79 Å². The number of anilines is 1. The van der Waals surface area contributed by atoms with Gasteiger partial charge in [-0.2, -0.15) is 0 Å². The molecule has 132 valence electrons. The Morgan fingerprint density at radius 1 is 1.08 bits per heavy atom. The predicted molar refractivity (Wildman–Crippen MR) is 96.9 cm³/mol. The molecule has 3 rings (SSSR count). The molecule has 26 heavy (non-hydrogen) atoms. The first-order valence-electron chi connectivity index (χ1n) is 7.91. The van der Waals surface area contributed by atoms with Crippen molar-refractivity contribution in [2.75, 3.05) is 18.9 Å². The van der Waals surface area contributed by atoms with Crippen LogP contribution >= 0.6 is 0 Å². The lowest BCUT2D eigenvalue weighted by molar-refractivity contribution is -0.119. The Hall–Kier alpha value is -3.68. The molecule has 0 aliphatic rings. The molecule has 2 heterocycles. The van der Waals surface area contributed by atoms with Crippen LogP contribution in [0.4, 0.5) is 5.69 Å². The summed E-state index contributed by atoms with van der Waals surface area (Å²) >= 11 is 0. The maximum Gasteiger partial charge on any atom is 0.274 e. The van der Waals surface area contributed by atoms with Crippen molar-refractivity contribution in [2.45, 2.75) is 0 Å². The number of amides is 3. The maximum absolute atomic E-state index is 12.4. The Morgan fingerprint density at radius 3 is 2.73 bits per heavy atom. The number of carbonyl (C=O) groups excluding carboxylic acids is 3. The summed E-state index contributed by atoms with van der Waals surface area (Å²) in [5, 5.41) is 8.54. The summed E-state index contributed by atoms with van der Waals surface area (Å²) in [6.45, 7) is -0.119. The molecule has 0 atom stereocenters. The number of carbonyl (C=O) groups is 3. The van der Waals surface area contributed by atoms with Gasteiger partial charge in [0.1, 0.15) is 11.3 Å². The molecule has 8 heteroatoms. The number of likely N-dealkylation sites (N-methyl/N-ethyl adjacent to an activating group) is 1. The molecule has 0 saturated heterocycles. The quantitative estimate of drug-likeness (QED) is 0.554. The zero-order chi connectivity index (χ0) is 18.5. The molecule has 3 amide bonds. The van der Waals surface area contributed by atoms with E-state index in [1.807, 2.05) is 6.07 Å². The van der Waals surface area contributed by atoms with Gasteiger partial charge in [-0.3, -0.25) is 14.4 Å². The van der Waals surface area contributed by atoms with E-state index < -0.39 is 5.91 Å². The average Bonchev–Trinajstić information content (AvgIpc) is 3.13. The molecule has 4 N–H and O–H groups in total. The second-order valence-electron chi connectivity index (χ2n) is 5.50. The lowest BCUT2D eigenvalue weighted by Gasteiger charge is -2.08. The Kier molecular flexibility index (Phi) is 4.93. The molecular weight excluding hydrogens is 334 g/mol. The van der Waals surface area contributed by atoms with Crippen molar-refractivity contribution in [1.29, 1.82) is 0 Å². The largest absolute Gasteiger partial charge is 0.358 e. The third-order valence-electron chi connectivity index (χ3n) is 3.71. The van der Waals surface area contributed by atoms with Crippen molar-refractivity contribution >= 4 is 34.4 Å². The SMILES string of the molecule is CNC(=O)CNC(=O)c1cccc(NC(=O)c2ccc3cc[nH]c3n2)c1. The van der Waals surface area contributed by atoms with Gasteiger partial charge < -0.3 is 20.9 Å². The number of aromatic nitrogens is 2. The van der Waals surface area contributed by atoms with Gasteiger partial charge in [-0.15, -0.1) is 0 Å². The van der Waals surface area contributed by atoms with Crippen LogP contribution < -0.4 is 16.0 Å². The summed E-state index contributed by atoms with van der Waals surface area (Å²) in [5.74, 6) is -1.09.